The summed E-state index contributed by atoms with van der Waals surface area (Å²) in [6.07, 6.45) is 4.00. The lowest BCUT2D eigenvalue weighted by Gasteiger charge is -2.17. The molecule has 0 spiro atoms. The van der Waals surface area contributed by atoms with Crippen molar-refractivity contribution in [1.29, 1.82) is 0 Å². The van der Waals surface area contributed by atoms with Crippen LogP contribution in [0.2, 0.25) is 0 Å². The summed E-state index contributed by atoms with van der Waals surface area (Å²) in [6.45, 7) is 0.208. The van der Waals surface area contributed by atoms with Gasteiger partial charge in [0.1, 0.15) is 0 Å². The summed E-state index contributed by atoms with van der Waals surface area (Å²) >= 11 is 0. The number of hydrogen-bond acceptors (Lipinski definition) is 4. The molecule has 0 amide bonds. The lowest BCUT2D eigenvalue weighted by atomic mass is 10.2. The molecule has 0 unspecified atom stereocenters. The zero-order valence-corrected chi connectivity index (χ0v) is 12.6. The summed E-state index contributed by atoms with van der Waals surface area (Å²) in [5.74, 6) is 0. The Labute approximate surface area is 124 Å². The summed E-state index contributed by atoms with van der Waals surface area (Å²) in [6, 6.07) is 10.1. The van der Waals surface area contributed by atoms with Crippen LogP contribution in [0.4, 0.5) is 0 Å². The zero-order valence-electron chi connectivity index (χ0n) is 11.8. The Morgan fingerprint density at radius 1 is 1.14 bits per heavy atom. The van der Waals surface area contributed by atoms with E-state index in [1.54, 1.807) is 31.6 Å². The molecule has 0 aliphatic rings. The van der Waals surface area contributed by atoms with Gasteiger partial charge in [0.25, 0.3) is 0 Å². The molecule has 0 atom stereocenters. The van der Waals surface area contributed by atoms with Crippen LogP contribution in [0, 0.1) is 0 Å². The largest absolute Gasteiger partial charge is 0.392 e. The second kappa shape index (κ2) is 6.80. The first kappa shape index (κ1) is 15.6. The Hall–Kier alpha value is -1.76. The fourth-order valence-corrected chi connectivity index (χ4v) is 3.18. The van der Waals surface area contributed by atoms with E-state index in [9.17, 15) is 8.42 Å². The SMILES string of the molecule is CN(CCc1ccncc1)S(=O)(=O)c1cccc(CO)c1. The van der Waals surface area contributed by atoms with Crippen LogP contribution in [0.3, 0.4) is 0 Å². The first-order valence-electron chi connectivity index (χ1n) is 6.59. The van der Waals surface area contributed by atoms with Crippen LogP contribution in [-0.2, 0) is 23.1 Å². The molecule has 0 bridgehead atoms. The average molecular weight is 306 g/mol. The van der Waals surface area contributed by atoms with Gasteiger partial charge in [-0.15, -0.1) is 0 Å². The molecule has 0 saturated heterocycles. The second-order valence-electron chi connectivity index (χ2n) is 4.74. The molecule has 2 aromatic rings. The molecule has 6 heteroatoms. The van der Waals surface area contributed by atoms with E-state index in [0.717, 1.165) is 5.56 Å². The molecule has 21 heavy (non-hydrogen) atoms. The Morgan fingerprint density at radius 3 is 2.52 bits per heavy atom. The van der Waals surface area contributed by atoms with E-state index in [1.165, 1.54) is 16.4 Å². The molecule has 5 nitrogen and oxygen atoms in total. The second-order valence-corrected chi connectivity index (χ2v) is 6.78. The number of sulfonamides is 1. The van der Waals surface area contributed by atoms with Gasteiger partial charge in [-0.3, -0.25) is 4.98 Å². The number of hydrogen-bond donors (Lipinski definition) is 1. The van der Waals surface area contributed by atoms with Crippen LogP contribution in [0.25, 0.3) is 0 Å². The summed E-state index contributed by atoms with van der Waals surface area (Å²) in [4.78, 5) is 4.13. The van der Waals surface area contributed by atoms with Crippen LogP contribution in [0.15, 0.2) is 53.7 Å². The molecule has 0 saturated carbocycles. The van der Waals surface area contributed by atoms with Gasteiger partial charge in [-0.2, -0.15) is 0 Å². The topological polar surface area (TPSA) is 70.5 Å². The third-order valence-corrected chi connectivity index (χ3v) is 5.11. The number of aliphatic hydroxyl groups excluding tert-OH is 1. The number of benzene rings is 1. The molecule has 1 N–H and O–H groups in total. The van der Waals surface area contributed by atoms with Crippen molar-refractivity contribution in [3.63, 3.8) is 0 Å². The number of nitrogens with zero attached hydrogens (tertiary/aromatic N) is 2. The normalized spacial score (nSPS) is 11.8. The first-order chi connectivity index (χ1) is 10.0. The lowest BCUT2D eigenvalue weighted by molar-refractivity contribution is 0.281. The molecule has 0 radical (unpaired) electrons. The smallest absolute Gasteiger partial charge is 0.242 e. The van der Waals surface area contributed by atoms with Crippen molar-refractivity contribution in [2.24, 2.45) is 0 Å². The van der Waals surface area contributed by atoms with Gasteiger partial charge in [-0.1, -0.05) is 12.1 Å². The summed E-state index contributed by atoms with van der Waals surface area (Å²) in [7, 11) is -1.98. The maximum Gasteiger partial charge on any atom is 0.242 e. The minimum atomic E-state index is -3.54. The Morgan fingerprint density at radius 2 is 1.86 bits per heavy atom. The van der Waals surface area contributed by atoms with E-state index >= 15 is 0 Å². The number of rotatable bonds is 6. The molecule has 1 heterocycles. The lowest BCUT2D eigenvalue weighted by Crippen LogP contribution is -2.29. The van der Waals surface area contributed by atoms with E-state index in [0.29, 0.717) is 18.5 Å². The number of aliphatic hydroxyl groups is 1. The van der Waals surface area contributed by atoms with Crippen molar-refractivity contribution < 1.29 is 13.5 Å². The van der Waals surface area contributed by atoms with Gasteiger partial charge in [0, 0.05) is 26.0 Å². The first-order valence-corrected chi connectivity index (χ1v) is 8.03. The van der Waals surface area contributed by atoms with Gasteiger partial charge in [0.15, 0.2) is 0 Å². The fraction of sp³-hybridized carbons (Fsp3) is 0.267. The highest BCUT2D eigenvalue weighted by atomic mass is 32.2. The maximum absolute atomic E-state index is 12.5. The van der Waals surface area contributed by atoms with Gasteiger partial charge < -0.3 is 5.11 Å². The Bertz CT molecular complexity index is 687. The Balaban J connectivity index is 2.11. The average Bonchev–Trinajstić information content (AvgIpc) is 2.53. The van der Waals surface area contributed by atoms with Gasteiger partial charge >= 0.3 is 0 Å². The number of pyridine rings is 1. The van der Waals surface area contributed by atoms with Crippen LogP contribution in [0.1, 0.15) is 11.1 Å². The highest BCUT2D eigenvalue weighted by molar-refractivity contribution is 7.89. The minimum Gasteiger partial charge on any atom is -0.392 e. The van der Waals surface area contributed by atoms with Crippen molar-refractivity contribution in [1.82, 2.24) is 9.29 Å². The highest BCUT2D eigenvalue weighted by Gasteiger charge is 2.20. The van der Waals surface area contributed by atoms with E-state index in [2.05, 4.69) is 4.98 Å². The van der Waals surface area contributed by atoms with Crippen molar-refractivity contribution in [3.05, 3.63) is 59.9 Å². The fourth-order valence-electron chi connectivity index (χ4n) is 1.94. The third-order valence-electron chi connectivity index (χ3n) is 3.25. The molecule has 1 aromatic carbocycles. The van der Waals surface area contributed by atoms with Crippen molar-refractivity contribution in [2.75, 3.05) is 13.6 Å². The van der Waals surface area contributed by atoms with E-state index < -0.39 is 10.0 Å². The highest BCUT2D eigenvalue weighted by Crippen LogP contribution is 2.16. The van der Waals surface area contributed by atoms with Gasteiger partial charge in [-0.05, 0) is 41.8 Å². The van der Waals surface area contributed by atoms with Gasteiger partial charge in [-0.25, -0.2) is 12.7 Å². The van der Waals surface area contributed by atoms with Crippen LogP contribution >= 0.6 is 0 Å². The predicted octanol–water partition coefficient (Wildman–Crippen LogP) is 1.44. The van der Waals surface area contributed by atoms with Crippen LogP contribution in [-0.4, -0.2) is 36.4 Å². The van der Waals surface area contributed by atoms with Crippen molar-refractivity contribution in [3.8, 4) is 0 Å². The zero-order chi connectivity index (χ0) is 15.3. The van der Waals surface area contributed by atoms with Crippen LogP contribution < -0.4 is 0 Å². The number of likely N-dealkylation sites (N-methyl/N-ethyl adjacent to an activating group) is 1. The summed E-state index contributed by atoms with van der Waals surface area (Å²) in [5, 5.41) is 9.10. The van der Waals surface area contributed by atoms with E-state index in [1.807, 2.05) is 12.1 Å². The molecule has 0 aliphatic carbocycles. The quantitative estimate of drug-likeness (QED) is 0.876. The maximum atomic E-state index is 12.5. The van der Waals surface area contributed by atoms with E-state index in [4.69, 9.17) is 5.11 Å². The molecule has 0 fully saturated rings. The molecular formula is C15H18N2O3S. The van der Waals surface area contributed by atoms with E-state index in [-0.39, 0.29) is 11.5 Å². The predicted molar refractivity (Wildman–Crippen MR) is 80.1 cm³/mol. The molecule has 1 aromatic heterocycles. The molecule has 112 valence electrons. The standard InChI is InChI=1S/C15H18N2O3S/c1-17(10-7-13-5-8-16-9-6-13)21(19,20)15-4-2-3-14(11-15)12-18/h2-6,8-9,11,18H,7,10,12H2,1H3. The monoisotopic (exact) mass is 306 g/mol. The number of aromatic nitrogens is 1. The van der Waals surface area contributed by atoms with Crippen molar-refractivity contribution >= 4 is 10.0 Å². The minimum absolute atomic E-state index is 0.176. The van der Waals surface area contributed by atoms with Crippen molar-refractivity contribution in [2.45, 2.75) is 17.9 Å². The summed E-state index contributed by atoms with van der Waals surface area (Å²) in [5.41, 5.74) is 1.62. The Kier molecular flexibility index (Phi) is 5.06. The van der Waals surface area contributed by atoms with Gasteiger partial charge in [0.05, 0.1) is 11.5 Å². The van der Waals surface area contributed by atoms with Crippen LogP contribution in [0.5, 0.6) is 0 Å². The molecule has 2 rings (SSSR count). The summed E-state index contributed by atoms with van der Waals surface area (Å²) < 4.78 is 26.2. The third kappa shape index (κ3) is 3.87. The molecular weight excluding hydrogens is 288 g/mol. The van der Waals surface area contributed by atoms with Gasteiger partial charge in [0.2, 0.25) is 10.0 Å². The molecule has 0 aliphatic heterocycles.